The van der Waals surface area contributed by atoms with Crippen LogP contribution in [0.2, 0.25) is 0 Å². The largest absolute Gasteiger partial charge is 0.467 e. The fourth-order valence-electron chi connectivity index (χ4n) is 1.83. The molecule has 148 valence electrons. The molecule has 0 heterocycles. The highest BCUT2D eigenvalue weighted by molar-refractivity contribution is 8.77. The number of nitrogens with zero attached hydrogens (tertiary/aromatic N) is 4. The summed E-state index contributed by atoms with van der Waals surface area (Å²) in [5.41, 5.74) is 9.60. The van der Waals surface area contributed by atoms with Gasteiger partial charge in [0, 0.05) is 28.1 Å². The standard InChI is InChI=1S/C17H24N4O4S2/c1-17(2,3)27-26-11-14(15(22)24-5)21(4)16(23)25-10-12-6-8-13(9-7-12)19-20-18/h6-9,14H,10-11H2,1-5H3/t14-/m0/s1. The van der Waals surface area contributed by atoms with Crippen LogP contribution in [-0.4, -0.2) is 47.7 Å². The number of likely N-dealkylation sites (N-methyl/N-ethyl adjacent to an activating group) is 1. The number of benzene rings is 1. The second kappa shape index (κ2) is 11.0. The van der Waals surface area contributed by atoms with Gasteiger partial charge in [-0.15, -0.1) is 0 Å². The summed E-state index contributed by atoms with van der Waals surface area (Å²) in [6.07, 6.45) is -0.620. The molecule has 1 rings (SSSR count). The van der Waals surface area contributed by atoms with Crippen molar-refractivity contribution in [1.29, 1.82) is 0 Å². The number of hydrogen-bond acceptors (Lipinski definition) is 7. The van der Waals surface area contributed by atoms with Gasteiger partial charge in [-0.1, -0.05) is 71.7 Å². The summed E-state index contributed by atoms with van der Waals surface area (Å²) in [5.74, 6) is -0.101. The molecule has 0 aliphatic heterocycles. The van der Waals surface area contributed by atoms with E-state index in [1.54, 1.807) is 35.1 Å². The zero-order valence-corrected chi connectivity index (χ0v) is 17.7. The van der Waals surface area contributed by atoms with E-state index in [0.717, 1.165) is 5.56 Å². The van der Waals surface area contributed by atoms with Gasteiger partial charge >= 0.3 is 12.1 Å². The van der Waals surface area contributed by atoms with Crippen LogP contribution in [0.25, 0.3) is 10.4 Å². The van der Waals surface area contributed by atoms with Crippen LogP contribution >= 0.6 is 21.6 Å². The van der Waals surface area contributed by atoms with E-state index in [1.165, 1.54) is 29.9 Å². The molecule has 27 heavy (non-hydrogen) atoms. The summed E-state index contributed by atoms with van der Waals surface area (Å²) in [7, 11) is 5.94. The minimum absolute atomic E-state index is 0.0339. The second-order valence-electron chi connectivity index (χ2n) is 6.54. The molecule has 0 aliphatic rings. The molecule has 1 atom stereocenters. The summed E-state index contributed by atoms with van der Waals surface area (Å²) in [5, 5.41) is 3.48. The van der Waals surface area contributed by atoms with E-state index in [0.29, 0.717) is 11.4 Å². The number of carbonyl (C=O) groups excluding carboxylic acids is 2. The maximum Gasteiger partial charge on any atom is 0.410 e. The van der Waals surface area contributed by atoms with Crippen molar-refractivity contribution in [2.75, 3.05) is 19.9 Å². The van der Waals surface area contributed by atoms with Crippen molar-refractivity contribution in [3.8, 4) is 0 Å². The lowest BCUT2D eigenvalue weighted by Crippen LogP contribution is -2.44. The van der Waals surface area contributed by atoms with Gasteiger partial charge in [0.05, 0.1) is 7.11 Å². The van der Waals surface area contributed by atoms with Crippen LogP contribution in [0.15, 0.2) is 29.4 Å². The smallest absolute Gasteiger partial charge is 0.410 e. The molecule has 0 unspecified atom stereocenters. The van der Waals surface area contributed by atoms with Crippen LogP contribution in [0, 0.1) is 0 Å². The lowest BCUT2D eigenvalue weighted by molar-refractivity contribution is -0.145. The molecule has 0 aliphatic carbocycles. The van der Waals surface area contributed by atoms with Gasteiger partial charge in [0.1, 0.15) is 12.6 Å². The molecule has 0 spiro atoms. The first-order chi connectivity index (χ1) is 12.7. The Morgan fingerprint density at radius 2 is 1.93 bits per heavy atom. The average Bonchev–Trinajstić information content (AvgIpc) is 2.62. The zero-order chi connectivity index (χ0) is 20.4. The van der Waals surface area contributed by atoms with Crippen LogP contribution in [0.4, 0.5) is 10.5 Å². The normalized spacial score (nSPS) is 11.9. The van der Waals surface area contributed by atoms with Crippen molar-refractivity contribution in [2.45, 2.75) is 38.2 Å². The van der Waals surface area contributed by atoms with E-state index < -0.39 is 18.1 Å². The monoisotopic (exact) mass is 412 g/mol. The summed E-state index contributed by atoms with van der Waals surface area (Å²) in [6, 6.07) is 5.92. The molecule has 0 N–H and O–H groups in total. The molecular weight excluding hydrogens is 388 g/mol. The number of ether oxygens (including phenoxy) is 2. The summed E-state index contributed by atoms with van der Waals surface area (Å²) in [4.78, 5) is 28.3. The Morgan fingerprint density at radius 3 is 2.44 bits per heavy atom. The third-order valence-electron chi connectivity index (χ3n) is 3.22. The molecule has 1 amide bonds. The molecule has 0 bridgehead atoms. The first-order valence-corrected chi connectivity index (χ1v) is 10.4. The topological polar surface area (TPSA) is 105 Å². The van der Waals surface area contributed by atoms with Crippen LogP contribution in [0.5, 0.6) is 0 Å². The SMILES string of the molecule is COC(=O)[C@H](CSSC(C)(C)C)N(C)C(=O)OCc1ccc(N=[N+]=[N-])cc1. The highest BCUT2D eigenvalue weighted by Gasteiger charge is 2.29. The third-order valence-corrected chi connectivity index (χ3v) is 6.55. The highest BCUT2D eigenvalue weighted by Crippen LogP contribution is 2.35. The van der Waals surface area contributed by atoms with E-state index in [2.05, 4.69) is 30.8 Å². The van der Waals surface area contributed by atoms with Gasteiger partial charge in [-0.3, -0.25) is 4.90 Å². The Labute approximate surface area is 167 Å². The van der Waals surface area contributed by atoms with Crippen molar-refractivity contribution in [1.82, 2.24) is 4.90 Å². The molecule has 8 nitrogen and oxygen atoms in total. The summed E-state index contributed by atoms with van der Waals surface area (Å²) in [6.45, 7) is 6.26. The van der Waals surface area contributed by atoms with Gasteiger partial charge in [-0.05, 0) is 11.1 Å². The van der Waals surface area contributed by atoms with E-state index in [1.807, 2.05) is 0 Å². The molecule has 1 aromatic rings. The average molecular weight is 413 g/mol. The van der Waals surface area contributed by atoms with Crippen molar-refractivity contribution in [3.63, 3.8) is 0 Å². The fourth-order valence-corrected chi connectivity index (χ4v) is 4.40. The molecule has 0 aromatic heterocycles. The van der Waals surface area contributed by atoms with Gasteiger partial charge in [-0.25, -0.2) is 9.59 Å². The molecule has 0 saturated heterocycles. The van der Waals surface area contributed by atoms with E-state index in [4.69, 9.17) is 15.0 Å². The van der Waals surface area contributed by atoms with Crippen LogP contribution in [0.1, 0.15) is 26.3 Å². The molecule has 1 aromatic carbocycles. The van der Waals surface area contributed by atoms with Crippen LogP contribution < -0.4 is 0 Å². The first-order valence-electron chi connectivity index (χ1n) is 8.10. The van der Waals surface area contributed by atoms with Gasteiger partial charge in [0.25, 0.3) is 0 Å². The second-order valence-corrected chi connectivity index (χ2v) is 9.71. The maximum absolute atomic E-state index is 12.3. The number of rotatable bonds is 8. The number of hydrogen-bond donors (Lipinski definition) is 0. The Balaban J connectivity index is 2.65. The predicted molar refractivity (Wildman–Crippen MR) is 109 cm³/mol. The molecule has 0 fully saturated rings. The van der Waals surface area contributed by atoms with Crippen molar-refractivity contribution in [3.05, 3.63) is 40.3 Å². The number of amides is 1. The Morgan fingerprint density at radius 1 is 1.30 bits per heavy atom. The molecule has 0 radical (unpaired) electrons. The van der Waals surface area contributed by atoms with Crippen molar-refractivity contribution >= 4 is 39.3 Å². The third kappa shape index (κ3) is 8.47. The quantitative estimate of drug-likeness (QED) is 0.197. The maximum atomic E-state index is 12.3. The van der Waals surface area contributed by atoms with Crippen molar-refractivity contribution < 1.29 is 19.1 Å². The molecule has 10 heteroatoms. The Kier molecular flexibility index (Phi) is 9.34. The van der Waals surface area contributed by atoms with E-state index >= 15 is 0 Å². The number of methoxy groups -OCH3 is 1. The first kappa shape index (κ1) is 23.0. The van der Waals surface area contributed by atoms with E-state index in [-0.39, 0.29) is 11.4 Å². The molecule has 0 saturated carbocycles. The summed E-state index contributed by atoms with van der Waals surface area (Å²) >= 11 is 0. The van der Waals surface area contributed by atoms with Gasteiger partial charge in [0.15, 0.2) is 0 Å². The lowest BCUT2D eigenvalue weighted by atomic mass is 10.2. The minimum atomic E-state index is -0.741. The highest BCUT2D eigenvalue weighted by atomic mass is 33.1. The van der Waals surface area contributed by atoms with Gasteiger partial charge < -0.3 is 9.47 Å². The van der Waals surface area contributed by atoms with Gasteiger partial charge in [0.2, 0.25) is 0 Å². The fraction of sp³-hybridized carbons (Fsp3) is 0.529. The predicted octanol–water partition coefficient (Wildman–Crippen LogP) is 4.92. The minimum Gasteiger partial charge on any atom is -0.467 e. The van der Waals surface area contributed by atoms with Crippen molar-refractivity contribution in [2.24, 2.45) is 5.11 Å². The number of azide groups is 1. The zero-order valence-electron chi connectivity index (χ0n) is 16.0. The lowest BCUT2D eigenvalue weighted by Gasteiger charge is -2.26. The molecular formula is C17H24N4O4S2. The Hall–Kier alpha value is -2.03. The Bertz CT molecular complexity index is 685. The van der Waals surface area contributed by atoms with Gasteiger partial charge in [-0.2, -0.15) is 0 Å². The van der Waals surface area contributed by atoms with Crippen LogP contribution in [-0.2, 0) is 20.9 Å². The van der Waals surface area contributed by atoms with E-state index in [9.17, 15) is 9.59 Å². The number of carbonyl (C=O) groups is 2. The number of esters is 1. The van der Waals surface area contributed by atoms with Crippen LogP contribution in [0.3, 0.4) is 0 Å². The summed E-state index contributed by atoms with van der Waals surface area (Å²) < 4.78 is 10.1.